The highest BCUT2D eigenvalue weighted by molar-refractivity contribution is 5.42. The van der Waals surface area contributed by atoms with Crippen LogP contribution in [-0.4, -0.2) is 29.3 Å². The molecule has 3 nitrogen and oxygen atoms in total. The Morgan fingerprint density at radius 1 is 1.56 bits per heavy atom. The van der Waals surface area contributed by atoms with Crippen LogP contribution >= 0.6 is 0 Å². The Balaban J connectivity index is 2.07. The van der Waals surface area contributed by atoms with Crippen LogP contribution in [0.15, 0.2) is 18.3 Å². The van der Waals surface area contributed by atoms with Gasteiger partial charge < -0.3 is 10.0 Å². The molecular weight excluding hydrogens is 200 g/mol. The number of pyridine rings is 1. The minimum absolute atomic E-state index is 0.297. The van der Waals surface area contributed by atoms with Crippen molar-refractivity contribution in [2.45, 2.75) is 38.6 Å². The van der Waals surface area contributed by atoms with Crippen molar-refractivity contribution in [1.29, 1.82) is 0 Å². The average Bonchev–Trinajstić information content (AvgIpc) is 2.74. The molecule has 88 valence electrons. The van der Waals surface area contributed by atoms with Crippen molar-refractivity contribution in [2.75, 3.05) is 18.1 Å². The van der Waals surface area contributed by atoms with Crippen LogP contribution in [0.5, 0.6) is 0 Å². The SMILES string of the molecule is Cc1ccnc(N2CCCC2CCCO)c1. The van der Waals surface area contributed by atoms with E-state index in [0.29, 0.717) is 12.6 Å². The monoisotopic (exact) mass is 220 g/mol. The van der Waals surface area contributed by atoms with Crippen LogP contribution < -0.4 is 4.90 Å². The molecule has 1 aliphatic heterocycles. The molecule has 0 aliphatic carbocycles. The van der Waals surface area contributed by atoms with Gasteiger partial charge in [0, 0.05) is 25.4 Å². The van der Waals surface area contributed by atoms with Crippen LogP contribution in [0, 0.1) is 6.92 Å². The van der Waals surface area contributed by atoms with Crippen molar-refractivity contribution in [3.8, 4) is 0 Å². The molecule has 0 radical (unpaired) electrons. The molecule has 1 atom stereocenters. The maximum atomic E-state index is 8.89. The zero-order valence-electron chi connectivity index (χ0n) is 9.89. The first-order valence-electron chi connectivity index (χ1n) is 6.11. The lowest BCUT2D eigenvalue weighted by atomic mass is 10.1. The van der Waals surface area contributed by atoms with Crippen molar-refractivity contribution >= 4 is 5.82 Å². The highest BCUT2D eigenvalue weighted by atomic mass is 16.2. The maximum absolute atomic E-state index is 8.89. The normalized spacial score (nSPS) is 20.4. The van der Waals surface area contributed by atoms with E-state index in [1.54, 1.807) is 0 Å². The van der Waals surface area contributed by atoms with Crippen LogP contribution in [-0.2, 0) is 0 Å². The number of aliphatic hydroxyl groups is 1. The van der Waals surface area contributed by atoms with Gasteiger partial charge in [-0.3, -0.25) is 0 Å². The minimum Gasteiger partial charge on any atom is -0.396 e. The first-order chi connectivity index (χ1) is 7.81. The highest BCUT2D eigenvalue weighted by Gasteiger charge is 2.24. The summed E-state index contributed by atoms with van der Waals surface area (Å²) in [4.78, 5) is 6.83. The number of anilines is 1. The van der Waals surface area contributed by atoms with Crippen molar-refractivity contribution in [1.82, 2.24) is 4.98 Å². The number of rotatable bonds is 4. The van der Waals surface area contributed by atoms with E-state index in [4.69, 9.17) is 5.11 Å². The molecular formula is C13H20N2O. The Bertz CT molecular complexity index is 340. The lowest BCUT2D eigenvalue weighted by Crippen LogP contribution is -2.30. The van der Waals surface area contributed by atoms with Gasteiger partial charge >= 0.3 is 0 Å². The molecule has 0 saturated carbocycles. The third-order valence-corrected chi connectivity index (χ3v) is 3.27. The van der Waals surface area contributed by atoms with Gasteiger partial charge in [-0.05, 0) is 50.3 Å². The number of aliphatic hydroxyl groups excluding tert-OH is 1. The first kappa shape index (κ1) is 11.4. The van der Waals surface area contributed by atoms with Crippen molar-refractivity contribution in [3.05, 3.63) is 23.9 Å². The number of nitrogens with zero attached hydrogens (tertiary/aromatic N) is 2. The number of hydrogen-bond donors (Lipinski definition) is 1. The van der Waals surface area contributed by atoms with E-state index < -0.39 is 0 Å². The van der Waals surface area contributed by atoms with E-state index in [0.717, 1.165) is 25.2 Å². The van der Waals surface area contributed by atoms with Gasteiger partial charge in [-0.1, -0.05) is 0 Å². The molecule has 1 saturated heterocycles. The molecule has 1 aromatic heterocycles. The molecule has 0 amide bonds. The summed E-state index contributed by atoms with van der Waals surface area (Å²) in [5, 5.41) is 8.89. The fraction of sp³-hybridized carbons (Fsp3) is 0.615. The molecule has 1 fully saturated rings. The number of aromatic nitrogens is 1. The highest BCUT2D eigenvalue weighted by Crippen LogP contribution is 2.26. The van der Waals surface area contributed by atoms with Gasteiger partial charge in [-0.25, -0.2) is 4.98 Å². The quantitative estimate of drug-likeness (QED) is 0.844. The summed E-state index contributed by atoms with van der Waals surface area (Å²) in [6.07, 6.45) is 6.33. The van der Waals surface area contributed by atoms with Crippen LogP contribution in [0.25, 0.3) is 0 Å². The van der Waals surface area contributed by atoms with Crippen molar-refractivity contribution < 1.29 is 5.11 Å². The lowest BCUT2D eigenvalue weighted by molar-refractivity contribution is 0.279. The Kier molecular flexibility index (Phi) is 3.78. The summed E-state index contributed by atoms with van der Waals surface area (Å²) in [7, 11) is 0. The zero-order valence-corrected chi connectivity index (χ0v) is 9.89. The summed E-state index contributed by atoms with van der Waals surface area (Å²) in [6, 6.07) is 4.75. The molecule has 1 aromatic rings. The third kappa shape index (κ3) is 2.53. The van der Waals surface area contributed by atoms with Crippen molar-refractivity contribution in [3.63, 3.8) is 0 Å². The van der Waals surface area contributed by atoms with Crippen LogP contribution in [0.2, 0.25) is 0 Å². The minimum atomic E-state index is 0.297. The maximum Gasteiger partial charge on any atom is 0.128 e. The topological polar surface area (TPSA) is 36.4 Å². The Morgan fingerprint density at radius 3 is 3.19 bits per heavy atom. The summed E-state index contributed by atoms with van der Waals surface area (Å²) in [6.45, 7) is 3.50. The fourth-order valence-electron chi connectivity index (χ4n) is 2.44. The van der Waals surface area contributed by atoms with Crippen LogP contribution in [0.1, 0.15) is 31.2 Å². The Labute approximate surface area is 97.1 Å². The van der Waals surface area contributed by atoms with Gasteiger partial charge in [-0.15, -0.1) is 0 Å². The molecule has 1 aliphatic rings. The predicted octanol–water partition coefficient (Wildman–Crippen LogP) is 2.13. The molecule has 0 aromatic carbocycles. The largest absolute Gasteiger partial charge is 0.396 e. The van der Waals surface area contributed by atoms with E-state index in [2.05, 4.69) is 22.9 Å². The number of aryl methyl sites for hydroxylation is 1. The van der Waals surface area contributed by atoms with E-state index in [-0.39, 0.29) is 0 Å². The standard InChI is InChI=1S/C13H20N2O/c1-11-6-7-14-13(10-11)15-8-2-4-12(15)5-3-9-16/h6-7,10,12,16H,2-5,8-9H2,1H3. The summed E-state index contributed by atoms with van der Waals surface area (Å²) >= 11 is 0. The predicted molar refractivity (Wildman–Crippen MR) is 65.7 cm³/mol. The Hall–Kier alpha value is -1.09. The van der Waals surface area contributed by atoms with E-state index in [1.165, 1.54) is 18.4 Å². The van der Waals surface area contributed by atoms with Gasteiger partial charge in [0.1, 0.15) is 5.82 Å². The van der Waals surface area contributed by atoms with Gasteiger partial charge in [0.25, 0.3) is 0 Å². The molecule has 0 bridgehead atoms. The first-order valence-corrected chi connectivity index (χ1v) is 6.11. The van der Waals surface area contributed by atoms with E-state index in [1.807, 2.05) is 12.3 Å². The van der Waals surface area contributed by atoms with Gasteiger partial charge in [0.05, 0.1) is 0 Å². The molecule has 1 unspecified atom stereocenters. The van der Waals surface area contributed by atoms with Gasteiger partial charge in [-0.2, -0.15) is 0 Å². The second-order valence-corrected chi connectivity index (χ2v) is 4.55. The molecule has 2 rings (SSSR count). The molecule has 1 N–H and O–H groups in total. The summed E-state index contributed by atoms with van der Waals surface area (Å²) in [5.74, 6) is 1.10. The van der Waals surface area contributed by atoms with Gasteiger partial charge in [0.15, 0.2) is 0 Å². The smallest absolute Gasteiger partial charge is 0.128 e. The van der Waals surface area contributed by atoms with E-state index in [9.17, 15) is 0 Å². The van der Waals surface area contributed by atoms with E-state index >= 15 is 0 Å². The second kappa shape index (κ2) is 5.30. The number of hydrogen-bond acceptors (Lipinski definition) is 3. The molecule has 16 heavy (non-hydrogen) atoms. The molecule has 3 heteroatoms. The zero-order chi connectivity index (χ0) is 11.4. The van der Waals surface area contributed by atoms with Crippen molar-refractivity contribution in [2.24, 2.45) is 0 Å². The summed E-state index contributed by atoms with van der Waals surface area (Å²) < 4.78 is 0. The lowest BCUT2D eigenvalue weighted by Gasteiger charge is -2.25. The third-order valence-electron chi connectivity index (χ3n) is 3.27. The molecule has 0 spiro atoms. The fourth-order valence-corrected chi connectivity index (χ4v) is 2.44. The second-order valence-electron chi connectivity index (χ2n) is 4.55. The Morgan fingerprint density at radius 2 is 2.44 bits per heavy atom. The van der Waals surface area contributed by atoms with Gasteiger partial charge in [0.2, 0.25) is 0 Å². The average molecular weight is 220 g/mol. The molecule has 2 heterocycles. The van der Waals surface area contributed by atoms with Crippen LogP contribution in [0.3, 0.4) is 0 Å². The van der Waals surface area contributed by atoms with Crippen LogP contribution in [0.4, 0.5) is 5.82 Å². The summed E-state index contributed by atoms with van der Waals surface area (Å²) in [5.41, 5.74) is 1.26.